The van der Waals surface area contributed by atoms with Crippen LogP contribution in [0.5, 0.6) is 0 Å². The van der Waals surface area contributed by atoms with Gasteiger partial charge in [0.05, 0.1) is 11.8 Å². The Morgan fingerprint density at radius 1 is 1.45 bits per heavy atom. The van der Waals surface area contributed by atoms with E-state index in [1.165, 1.54) is 18.7 Å². The Labute approximate surface area is 61.6 Å². The summed E-state index contributed by atoms with van der Waals surface area (Å²) < 4.78 is 37.2. The van der Waals surface area contributed by atoms with E-state index in [-0.39, 0.29) is 5.69 Å². The minimum atomic E-state index is -4.28. The van der Waals surface area contributed by atoms with Gasteiger partial charge in [0.1, 0.15) is 0 Å². The van der Waals surface area contributed by atoms with Gasteiger partial charge in [-0.2, -0.15) is 18.3 Å². The maximum Gasteiger partial charge on any atom is 0.419 e. The van der Waals surface area contributed by atoms with Crippen molar-refractivity contribution >= 4 is 0 Å². The molecule has 0 amide bonds. The molecular formula is C6H7F3N2. The summed E-state index contributed by atoms with van der Waals surface area (Å²) in [5, 5.41) is 3.48. The van der Waals surface area contributed by atoms with Gasteiger partial charge in [-0.25, -0.2) is 0 Å². The molecule has 0 saturated heterocycles. The molecule has 1 heterocycles. The predicted molar refractivity (Wildman–Crippen MR) is 32.9 cm³/mol. The van der Waals surface area contributed by atoms with Crippen LogP contribution < -0.4 is 0 Å². The molecule has 1 aromatic heterocycles. The van der Waals surface area contributed by atoms with Gasteiger partial charge in [0.15, 0.2) is 0 Å². The van der Waals surface area contributed by atoms with E-state index in [0.717, 1.165) is 6.20 Å². The molecule has 2 nitrogen and oxygen atoms in total. The zero-order chi connectivity index (χ0) is 8.65. The lowest BCUT2D eigenvalue weighted by atomic mass is 10.2. The second-order valence-corrected chi connectivity index (χ2v) is 2.27. The molecule has 0 N–H and O–H groups in total. The van der Waals surface area contributed by atoms with Crippen molar-refractivity contribution in [2.75, 3.05) is 0 Å². The molecule has 0 radical (unpaired) electrons. The van der Waals surface area contributed by atoms with Gasteiger partial charge in [-0.15, -0.1) is 0 Å². The lowest BCUT2D eigenvalue weighted by molar-refractivity contribution is -0.138. The first-order chi connectivity index (χ1) is 4.93. The van der Waals surface area contributed by atoms with Gasteiger partial charge in [-0.05, 0) is 6.92 Å². The monoisotopic (exact) mass is 164 g/mol. The summed E-state index contributed by atoms with van der Waals surface area (Å²) >= 11 is 0. The van der Waals surface area contributed by atoms with Crippen LogP contribution in [0.4, 0.5) is 13.2 Å². The number of aromatic nitrogens is 2. The standard InChI is InChI=1S/C6H7F3N2/c1-4-5(6(7,8)9)3-10-11(4)2/h3H,1-2H3. The Hall–Kier alpha value is -1.00. The SMILES string of the molecule is Cc1c(C(F)(F)F)cnn1C. The third-order valence-electron chi connectivity index (χ3n) is 1.54. The van der Waals surface area contributed by atoms with Gasteiger partial charge in [0, 0.05) is 12.7 Å². The van der Waals surface area contributed by atoms with Crippen molar-refractivity contribution in [1.82, 2.24) is 9.78 Å². The zero-order valence-corrected chi connectivity index (χ0v) is 6.11. The van der Waals surface area contributed by atoms with Crippen LogP contribution in [-0.4, -0.2) is 9.78 Å². The second-order valence-electron chi connectivity index (χ2n) is 2.27. The highest BCUT2D eigenvalue weighted by Gasteiger charge is 2.34. The molecule has 0 aliphatic heterocycles. The van der Waals surface area contributed by atoms with Crippen LogP contribution in [-0.2, 0) is 13.2 Å². The Bertz CT molecular complexity index is 261. The van der Waals surface area contributed by atoms with E-state index in [4.69, 9.17) is 0 Å². The highest BCUT2D eigenvalue weighted by atomic mass is 19.4. The molecule has 0 fully saturated rings. The van der Waals surface area contributed by atoms with Gasteiger partial charge in [-0.3, -0.25) is 4.68 Å². The number of aryl methyl sites for hydroxylation is 1. The van der Waals surface area contributed by atoms with Crippen molar-refractivity contribution in [3.05, 3.63) is 17.5 Å². The third-order valence-corrected chi connectivity index (χ3v) is 1.54. The average molecular weight is 164 g/mol. The molecule has 1 aromatic rings. The van der Waals surface area contributed by atoms with E-state index in [1.54, 1.807) is 0 Å². The van der Waals surface area contributed by atoms with Crippen LogP contribution in [0, 0.1) is 6.92 Å². The number of alkyl halides is 3. The molecule has 0 unspecified atom stereocenters. The van der Waals surface area contributed by atoms with Crippen LogP contribution in [0.3, 0.4) is 0 Å². The van der Waals surface area contributed by atoms with Crippen molar-refractivity contribution in [2.45, 2.75) is 13.1 Å². The molecule has 5 heteroatoms. The van der Waals surface area contributed by atoms with Crippen molar-refractivity contribution in [2.24, 2.45) is 7.05 Å². The average Bonchev–Trinajstić information content (AvgIpc) is 2.11. The summed E-state index contributed by atoms with van der Waals surface area (Å²) in [6, 6.07) is 0. The quantitative estimate of drug-likeness (QED) is 0.571. The number of hydrogen-bond acceptors (Lipinski definition) is 1. The van der Waals surface area contributed by atoms with Gasteiger partial charge in [0.2, 0.25) is 0 Å². The third kappa shape index (κ3) is 1.36. The highest BCUT2D eigenvalue weighted by molar-refractivity contribution is 5.18. The number of nitrogens with zero attached hydrogens (tertiary/aromatic N) is 2. The summed E-state index contributed by atoms with van der Waals surface area (Å²) in [5.74, 6) is 0. The van der Waals surface area contributed by atoms with Crippen molar-refractivity contribution in [1.29, 1.82) is 0 Å². The number of halogens is 3. The van der Waals surface area contributed by atoms with Crippen LogP contribution in [0.15, 0.2) is 6.20 Å². The summed E-state index contributed by atoms with van der Waals surface area (Å²) in [5.41, 5.74) is -0.530. The fraction of sp³-hybridized carbons (Fsp3) is 0.500. The Morgan fingerprint density at radius 2 is 2.00 bits per heavy atom. The lowest BCUT2D eigenvalue weighted by Crippen LogP contribution is -2.06. The minimum absolute atomic E-state index is 0.137. The first-order valence-electron chi connectivity index (χ1n) is 2.98. The van der Waals surface area contributed by atoms with Gasteiger partial charge >= 0.3 is 6.18 Å². The first-order valence-corrected chi connectivity index (χ1v) is 2.98. The maximum atomic E-state index is 12.0. The molecule has 0 saturated carbocycles. The van der Waals surface area contributed by atoms with Crippen LogP contribution in [0.1, 0.15) is 11.3 Å². The van der Waals surface area contributed by atoms with Gasteiger partial charge < -0.3 is 0 Å². The van der Waals surface area contributed by atoms with Crippen molar-refractivity contribution < 1.29 is 13.2 Å². The van der Waals surface area contributed by atoms with Crippen molar-refractivity contribution in [3.63, 3.8) is 0 Å². The topological polar surface area (TPSA) is 17.8 Å². The van der Waals surface area contributed by atoms with Crippen molar-refractivity contribution in [3.8, 4) is 0 Å². The van der Waals surface area contributed by atoms with E-state index in [2.05, 4.69) is 5.10 Å². The van der Waals surface area contributed by atoms with Crippen LogP contribution in [0.2, 0.25) is 0 Å². The van der Waals surface area contributed by atoms with E-state index in [1.807, 2.05) is 0 Å². The highest BCUT2D eigenvalue weighted by Crippen LogP contribution is 2.30. The van der Waals surface area contributed by atoms with Gasteiger partial charge in [0.25, 0.3) is 0 Å². The summed E-state index contributed by atoms with van der Waals surface area (Å²) in [7, 11) is 1.48. The van der Waals surface area contributed by atoms with E-state index in [9.17, 15) is 13.2 Å². The molecule has 0 aliphatic carbocycles. The van der Waals surface area contributed by atoms with E-state index >= 15 is 0 Å². The molecule has 11 heavy (non-hydrogen) atoms. The van der Waals surface area contributed by atoms with E-state index in [0.29, 0.717) is 0 Å². The lowest BCUT2D eigenvalue weighted by Gasteiger charge is -2.03. The Balaban J connectivity index is 3.15. The first kappa shape index (κ1) is 8.10. The summed E-state index contributed by atoms with van der Waals surface area (Å²) in [6.07, 6.45) is -3.45. The normalized spacial score (nSPS) is 12.1. The van der Waals surface area contributed by atoms with Crippen LogP contribution >= 0.6 is 0 Å². The number of hydrogen-bond donors (Lipinski definition) is 0. The summed E-state index contributed by atoms with van der Waals surface area (Å²) in [4.78, 5) is 0. The molecule has 0 aliphatic rings. The van der Waals surface area contributed by atoms with E-state index < -0.39 is 11.7 Å². The number of rotatable bonds is 0. The molecule has 0 spiro atoms. The summed E-state index contributed by atoms with van der Waals surface area (Å²) in [6.45, 7) is 1.38. The largest absolute Gasteiger partial charge is 0.419 e. The smallest absolute Gasteiger partial charge is 0.272 e. The zero-order valence-electron chi connectivity index (χ0n) is 6.11. The fourth-order valence-electron chi connectivity index (χ4n) is 0.777. The molecule has 1 rings (SSSR count). The second kappa shape index (κ2) is 2.25. The predicted octanol–water partition coefficient (Wildman–Crippen LogP) is 1.75. The molecular weight excluding hydrogens is 157 g/mol. The maximum absolute atomic E-state index is 12.0. The molecule has 62 valence electrons. The van der Waals surface area contributed by atoms with Crippen LogP contribution in [0.25, 0.3) is 0 Å². The van der Waals surface area contributed by atoms with Gasteiger partial charge in [-0.1, -0.05) is 0 Å². The fourth-order valence-corrected chi connectivity index (χ4v) is 0.777. The molecule has 0 atom stereocenters. The Kier molecular flexibility index (Phi) is 1.66. The molecule has 0 aromatic carbocycles. The molecule has 0 bridgehead atoms. The minimum Gasteiger partial charge on any atom is -0.272 e. The Morgan fingerprint density at radius 3 is 2.18 bits per heavy atom.